The molecule has 0 aromatic heterocycles. The SMILES string of the molecule is O=C(Nc1ccc(Oc2cc(C(F)(F)F)cc(C(F)(F)F)c2)cc1O)c1c(F)cccc1Cl. The average molecular weight is 494 g/mol. The lowest BCUT2D eigenvalue weighted by molar-refractivity contribution is -0.143. The van der Waals surface area contributed by atoms with Gasteiger partial charge >= 0.3 is 12.4 Å². The van der Waals surface area contributed by atoms with Crippen LogP contribution in [-0.2, 0) is 12.4 Å². The van der Waals surface area contributed by atoms with Crippen molar-refractivity contribution in [2.45, 2.75) is 12.4 Å². The number of carbonyl (C=O) groups excluding carboxylic acids is 1. The van der Waals surface area contributed by atoms with Crippen molar-refractivity contribution in [3.63, 3.8) is 0 Å². The zero-order valence-corrected chi connectivity index (χ0v) is 16.7. The number of ether oxygens (including phenoxy) is 1. The number of anilines is 1. The van der Waals surface area contributed by atoms with Gasteiger partial charge in [-0.25, -0.2) is 4.39 Å². The van der Waals surface area contributed by atoms with Crippen LogP contribution in [0.25, 0.3) is 0 Å². The zero-order valence-electron chi connectivity index (χ0n) is 16.0. The highest BCUT2D eigenvalue weighted by Crippen LogP contribution is 2.40. The van der Waals surface area contributed by atoms with Gasteiger partial charge < -0.3 is 15.2 Å². The van der Waals surface area contributed by atoms with Crippen LogP contribution in [0.15, 0.2) is 54.6 Å². The molecule has 0 unspecified atom stereocenters. The van der Waals surface area contributed by atoms with Crippen LogP contribution in [-0.4, -0.2) is 11.0 Å². The topological polar surface area (TPSA) is 58.6 Å². The molecule has 0 aliphatic rings. The first-order valence-corrected chi connectivity index (χ1v) is 9.19. The summed E-state index contributed by atoms with van der Waals surface area (Å²) in [5, 5.41) is 12.1. The smallest absolute Gasteiger partial charge is 0.416 e. The Morgan fingerprint density at radius 1 is 0.879 bits per heavy atom. The molecule has 0 spiro atoms. The summed E-state index contributed by atoms with van der Waals surface area (Å²) in [6, 6.07) is 7.15. The summed E-state index contributed by atoms with van der Waals surface area (Å²) in [5.41, 5.74) is -3.90. The predicted molar refractivity (Wildman–Crippen MR) is 104 cm³/mol. The minimum atomic E-state index is -5.07. The number of phenols is 1. The number of halogens is 8. The first-order valence-electron chi connectivity index (χ1n) is 8.81. The Kier molecular flexibility index (Phi) is 6.46. The molecule has 1 amide bonds. The number of alkyl halides is 6. The number of hydrogen-bond donors (Lipinski definition) is 2. The zero-order chi connectivity index (χ0) is 24.6. The molecular formula is C21H11ClF7NO3. The monoisotopic (exact) mass is 493 g/mol. The van der Waals surface area contributed by atoms with E-state index < -0.39 is 52.3 Å². The maximum absolute atomic E-state index is 13.9. The molecule has 0 heterocycles. The van der Waals surface area contributed by atoms with Crippen molar-refractivity contribution in [1.29, 1.82) is 0 Å². The number of amides is 1. The Morgan fingerprint density at radius 3 is 2.00 bits per heavy atom. The molecular weight excluding hydrogens is 483 g/mol. The molecule has 4 nitrogen and oxygen atoms in total. The van der Waals surface area contributed by atoms with Gasteiger partial charge in [0.25, 0.3) is 5.91 Å². The molecule has 0 saturated heterocycles. The lowest BCUT2D eigenvalue weighted by Crippen LogP contribution is -2.14. The summed E-state index contributed by atoms with van der Waals surface area (Å²) in [6.07, 6.45) is -10.1. The van der Waals surface area contributed by atoms with Gasteiger partial charge in [0.15, 0.2) is 0 Å². The first-order chi connectivity index (χ1) is 15.3. The van der Waals surface area contributed by atoms with E-state index in [1.165, 1.54) is 12.1 Å². The predicted octanol–water partition coefficient (Wildman–Crippen LogP) is 7.27. The highest BCUT2D eigenvalue weighted by atomic mass is 35.5. The summed E-state index contributed by atoms with van der Waals surface area (Å²) in [7, 11) is 0. The van der Waals surface area contributed by atoms with E-state index in [-0.39, 0.29) is 22.5 Å². The van der Waals surface area contributed by atoms with Crippen molar-refractivity contribution < 1.29 is 45.4 Å². The highest BCUT2D eigenvalue weighted by Gasteiger charge is 2.37. The second kappa shape index (κ2) is 8.81. The van der Waals surface area contributed by atoms with Gasteiger partial charge in [0.05, 0.1) is 27.4 Å². The molecule has 3 aromatic carbocycles. The Balaban J connectivity index is 1.87. The molecule has 0 radical (unpaired) electrons. The third-order valence-corrected chi connectivity index (χ3v) is 4.52. The van der Waals surface area contributed by atoms with Gasteiger partial charge in [-0.1, -0.05) is 17.7 Å². The Labute approximate surface area is 186 Å². The maximum Gasteiger partial charge on any atom is 0.416 e. The van der Waals surface area contributed by atoms with Crippen molar-refractivity contribution in [3.8, 4) is 17.2 Å². The molecule has 0 bridgehead atoms. The molecule has 3 rings (SSSR count). The summed E-state index contributed by atoms with van der Waals surface area (Å²) < 4.78 is 96.7. The van der Waals surface area contributed by atoms with Gasteiger partial charge in [-0.3, -0.25) is 4.79 Å². The number of rotatable bonds is 4. The molecule has 0 aliphatic carbocycles. The van der Waals surface area contributed by atoms with Gasteiger partial charge in [0, 0.05) is 6.07 Å². The fourth-order valence-electron chi connectivity index (χ4n) is 2.70. The van der Waals surface area contributed by atoms with Gasteiger partial charge in [-0.15, -0.1) is 0 Å². The number of hydrogen-bond acceptors (Lipinski definition) is 3. The van der Waals surface area contributed by atoms with E-state index in [1.807, 2.05) is 0 Å². The minimum Gasteiger partial charge on any atom is -0.506 e. The van der Waals surface area contributed by atoms with Crippen molar-refractivity contribution in [3.05, 3.63) is 82.1 Å². The fourth-order valence-corrected chi connectivity index (χ4v) is 2.95. The normalized spacial score (nSPS) is 11.9. The van der Waals surface area contributed by atoms with Gasteiger partial charge in [0.2, 0.25) is 0 Å². The molecule has 3 aromatic rings. The summed E-state index contributed by atoms with van der Waals surface area (Å²) in [4.78, 5) is 12.3. The molecule has 33 heavy (non-hydrogen) atoms. The van der Waals surface area contributed by atoms with Gasteiger partial charge in [-0.2, -0.15) is 26.3 Å². The van der Waals surface area contributed by atoms with Crippen molar-refractivity contribution >= 4 is 23.2 Å². The largest absolute Gasteiger partial charge is 0.506 e. The first kappa shape index (κ1) is 24.2. The van der Waals surface area contributed by atoms with Crippen molar-refractivity contribution in [2.24, 2.45) is 0 Å². The van der Waals surface area contributed by atoms with E-state index in [9.17, 15) is 40.6 Å². The summed E-state index contributed by atoms with van der Waals surface area (Å²) in [5.74, 6) is -3.70. The van der Waals surface area contributed by atoms with E-state index in [0.717, 1.165) is 24.3 Å². The van der Waals surface area contributed by atoms with E-state index in [0.29, 0.717) is 12.1 Å². The second-order valence-electron chi connectivity index (χ2n) is 6.57. The standard InChI is InChI=1S/C21H11ClF7NO3/c22-14-2-1-3-15(23)18(14)19(32)30-16-5-4-12(9-17(16)31)33-13-7-10(20(24,25)26)6-11(8-13)21(27,28)29/h1-9,31H,(H,30,32). The van der Waals surface area contributed by atoms with Crippen LogP contribution in [0.2, 0.25) is 5.02 Å². The van der Waals surface area contributed by atoms with E-state index in [4.69, 9.17) is 16.3 Å². The van der Waals surface area contributed by atoms with Crippen LogP contribution in [0.1, 0.15) is 21.5 Å². The molecule has 0 saturated carbocycles. The van der Waals surface area contributed by atoms with Crippen LogP contribution < -0.4 is 10.1 Å². The summed E-state index contributed by atoms with van der Waals surface area (Å²) in [6.45, 7) is 0. The second-order valence-corrected chi connectivity index (χ2v) is 6.98. The number of carbonyl (C=O) groups is 1. The number of benzene rings is 3. The lowest BCUT2D eigenvalue weighted by atomic mass is 10.1. The third-order valence-electron chi connectivity index (χ3n) is 4.20. The fraction of sp³-hybridized carbons (Fsp3) is 0.0952. The van der Waals surface area contributed by atoms with Crippen LogP contribution in [0.4, 0.5) is 36.4 Å². The van der Waals surface area contributed by atoms with Crippen LogP contribution in [0.3, 0.4) is 0 Å². The average Bonchev–Trinajstić information content (AvgIpc) is 2.68. The Hall–Kier alpha value is -3.47. The summed E-state index contributed by atoms with van der Waals surface area (Å²) >= 11 is 5.79. The molecule has 2 N–H and O–H groups in total. The van der Waals surface area contributed by atoms with Crippen LogP contribution >= 0.6 is 11.6 Å². The van der Waals surface area contributed by atoms with Crippen molar-refractivity contribution in [2.75, 3.05) is 5.32 Å². The third kappa shape index (κ3) is 5.67. The van der Waals surface area contributed by atoms with Crippen molar-refractivity contribution in [1.82, 2.24) is 0 Å². The van der Waals surface area contributed by atoms with Crippen LogP contribution in [0.5, 0.6) is 17.2 Å². The van der Waals surface area contributed by atoms with Gasteiger partial charge in [0.1, 0.15) is 23.1 Å². The van der Waals surface area contributed by atoms with Gasteiger partial charge in [-0.05, 0) is 42.5 Å². The molecule has 0 fully saturated rings. The molecule has 12 heteroatoms. The van der Waals surface area contributed by atoms with E-state index >= 15 is 0 Å². The number of aromatic hydroxyl groups is 1. The quantitative estimate of drug-likeness (QED) is 0.297. The maximum atomic E-state index is 13.9. The van der Waals surface area contributed by atoms with Crippen LogP contribution in [0, 0.1) is 5.82 Å². The molecule has 0 atom stereocenters. The highest BCUT2D eigenvalue weighted by molar-refractivity contribution is 6.34. The lowest BCUT2D eigenvalue weighted by Gasteiger charge is -2.15. The van der Waals surface area contributed by atoms with E-state index in [1.54, 1.807) is 0 Å². The Morgan fingerprint density at radius 2 is 1.48 bits per heavy atom. The van der Waals surface area contributed by atoms with E-state index in [2.05, 4.69) is 5.32 Å². The minimum absolute atomic E-state index is 0.0587. The number of phenolic OH excluding ortho intramolecular Hbond substituents is 1. The number of nitrogens with one attached hydrogen (secondary N) is 1. The Bertz CT molecular complexity index is 1160. The molecule has 174 valence electrons. The molecule has 0 aliphatic heterocycles.